The predicted molar refractivity (Wildman–Crippen MR) is 90.6 cm³/mol. The van der Waals surface area contributed by atoms with Crippen LogP contribution in [-0.2, 0) is 14.4 Å². The molecule has 2 amide bonds. The van der Waals surface area contributed by atoms with Gasteiger partial charge in [-0.25, -0.2) is 0 Å². The van der Waals surface area contributed by atoms with Crippen molar-refractivity contribution in [1.82, 2.24) is 4.90 Å². The van der Waals surface area contributed by atoms with E-state index >= 15 is 0 Å². The fourth-order valence-electron chi connectivity index (χ4n) is 3.48. The van der Waals surface area contributed by atoms with Gasteiger partial charge in [-0.05, 0) is 43.4 Å². The number of likely N-dealkylation sites (tertiary alicyclic amines) is 1. The molecular formula is C18H21NO4S. The Morgan fingerprint density at radius 1 is 1.12 bits per heavy atom. The zero-order valence-corrected chi connectivity index (χ0v) is 14.5. The molecule has 128 valence electrons. The summed E-state index contributed by atoms with van der Waals surface area (Å²) in [5, 5.41) is 0. The van der Waals surface area contributed by atoms with E-state index < -0.39 is 5.97 Å². The minimum absolute atomic E-state index is 0.0290. The summed E-state index contributed by atoms with van der Waals surface area (Å²) < 4.78 is 5.27. The fourth-order valence-corrected chi connectivity index (χ4v) is 3.89. The number of carbonyl (C=O) groups is 3. The number of imide groups is 1. The van der Waals surface area contributed by atoms with Crippen LogP contribution < -0.4 is 4.74 Å². The third kappa shape index (κ3) is 3.48. The quantitative estimate of drug-likeness (QED) is 0.355. The molecule has 1 aliphatic carbocycles. The second kappa shape index (κ2) is 7.38. The highest BCUT2D eigenvalue weighted by Gasteiger charge is 2.47. The van der Waals surface area contributed by atoms with Gasteiger partial charge in [-0.3, -0.25) is 19.3 Å². The zero-order valence-electron chi connectivity index (χ0n) is 13.7. The Morgan fingerprint density at radius 2 is 1.71 bits per heavy atom. The molecule has 0 bridgehead atoms. The maximum atomic E-state index is 12.3. The Hall–Kier alpha value is -1.82. The van der Waals surface area contributed by atoms with Crippen LogP contribution >= 0.6 is 11.8 Å². The summed E-state index contributed by atoms with van der Waals surface area (Å²) in [5.74, 6) is -0.501. The molecule has 0 spiro atoms. The predicted octanol–water partition coefficient (Wildman–Crippen LogP) is 2.88. The summed E-state index contributed by atoms with van der Waals surface area (Å²) in [6.45, 7) is 0.117. The molecular weight excluding hydrogens is 326 g/mol. The summed E-state index contributed by atoms with van der Waals surface area (Å²) in [6.07, 6.45) is 5.59. The summed E-state index contributed by atoms with van der Waals surface area (Å²) in [6, 6.07) is 7.24. The highest BCUT2D eigenvalue weighted by molar-refractivity contribution is 7.98. The van der Waals surface area contributed by atoms with Gasteiger partial charge in [0.2, 0.25) is 11.8 Å². The summed E-state index contributed by atoms with van der Waals surface area (Å²) in [5.41, 5.74) is 0. The summed E-state index contributed by atoms with van der Waals surface area (Å²) >= 11 is 1.61. The highest BCUT2D eigenvalue weighted by atomic mass is 32.2. The first-order valence-electron chi connectivity index (χ1n) is 8.30. The van der Waals surface area contributed by atoms with Gasteiger partial charge in [-0.1, -0.05) is 12.8 Å². The van der Waals surface area contributed by atoms with E-state index in [-0.39, 0.29) is 36.6 Å². The van der Waals surface area contributed by atoms with Crippen molar-refractivity contribution in [3.8, 4) is 5.75 Å². The van der Waals surface area contributed by atoms with E-state index in [0.29, 0.717) is 5.75 Å². The van der Waals surface area contributed by atoms with Gasteiger partial charge in [-0.2, -0.15) is 0 Å². The number of thioether (sulfide) groups is 1. The van der Waals surface area contributed by atoms with Gasteiger partial charge < -0.3 is 4.74 Å². The second-order valence-corrected chi connectivity index (χ2v) is 7.10. The fraction of sp³-hybridized carbons (Fsp3) is 0.500. The van der Waals surface area contributed by atoms with Crippen molar-refractivity contribution in [1.29, 1.82) is 0 Å². The number of fused-ring (bicyclic) bond motifs is 1. The number of amides is 2. The number of carbonyl (C=O) groups excluding carboxylic acids is 3. The van der Waals surface area contributed by atoms with E-state index in [2.05, 4.69) is 0 Å². The molecule has 1 heterocycles. The van der Waals surface area contributed by atoms with E-state index in [1.165, 1.54) is 4.90 Å². The number of rotatable bonds is 5. The van der Waals surface area contributed by atoms with Crippen LogP contribution in [0.15, 0.2) is 29.2 Å². The lowest BCUT2D eigenvalue weighted by molar-refractivity contribution is -0.141. The van der Waals surface area contributed by atoms with Crippen LogP contribution in [0, 0.1) is 11.8 Å². The molecule has 1 saturated carbocycles. The molecule has 0 N–H and O–H groups in total. The Bertz CT molecular complexity index is 619. The van der Waals surface area contributed by atoms with Gasteiger partial charge in [0.15, 0.2) is 0 Å². The average molecular weight is 347 g/mol. The van der Waals surface area contributed by atoms with E-state index in [0.717, 1.165) is 30.6 Å². The van der Waals surface area contributed by atoms with Crippen molar-refractivity contribution < 1.29 is 19.1 Å². The topological polar surface area (TPSA) is 63.7 Å². The van der Waals surface area contributed by atoms with Crippen LogP contribution in [0.1, 0.15) is 32.1 Å². The number of hydrogen-bond acceptors (Lipinski definition) is 5. The Labute approximate surface area is 145 Å². The number of hydrogen-bond donors (Lipinski definition) is 0. The molecule has 24 heavy (non-hydrogen) atoms. The maximum absolute atomic E-state index is 12.3. The normalized spacial score (nSPS) is 23.3. The van der Waals surface area contributed by atoms with Crippen molar-refractivity contribution in [2.75, 3.05) is 12.8 Å². The van der Waals surface area contributed by atoms with Gasteiger partial charge in [0.05, 0.1) is 18.3 Å². The summed E-state index contributed by atoms with van der Waals surface area (Å²) in [7, 11) is 0. The van der Waals surface area contributed by atoms with Crippen LogP contribution in [0.4, 0.5) is 0 Å². The van der Waals surface area contributed by atoms with Crippen LogP contribution in [0.2, 0.25) is 0 Å². The number of esters is 1. The molecule has 6 heteroatoms. The van der Waals surface area contributed by atoms with Gasteiger partial charge >= 0.3 is 5.97 Å². The minimum atomic E-state index is -0.428. The van der Waals surface area contributed by atoms with Crippen LogP contribution in [0.25, 0.3) is 0 Å². The Kier molecular flexibility index (Phi) is 5.23. The molecule has 3 rings (SSSR count). The number of benzene rings is 1. The van der Waals surface area contributed by atoms with E-state index in [1.54, 1.807) is 23.9 Å². The molecule has 2 fully saturated rings. The third-order valence-electron chi connectivity index (χ3n) is 4.76. The monoisotopic (exact) mass is 347 g/mol. The molecule has 2 atom stereocenters. The largest absolute Gasteiger partial charge is 0.426 e. The Morgan fingerprint density at radius 3 is 2.25 bits per heavy atom. The lowest BCUT2D eigenvalue weighted by Crippen LogP contribution is -2.33. The summed E-state index contributed by atoms with van der Waals surface area (Å²) in [4.78, 5) is 39.0. The average Bonchev–Trinajstić information content (AvgIpc) is 2.85. The lowest BCUT2D eigenvalue weighted by atomic mass is 9.81. The van der Waals surface area contributed by atoms with Crippen LogP contribution in [0.5, 0.6) is 5.75 Å². The number of nitrogens with zero attached hydrogens (tertiary/aromatic N) is 1. The number of ether oxygens (including phenoxy) is 1. The van der Waals surface area contributed by atoms with Gasteiger partial charge in [0, 0.05) is 11.4 Å². The molecule has 1 aliphatic heterocycles. The van der Waals surface area contributed by atoms with E-state index in [4.69, 9.17) is 4.74 Å². The molecule has 1 aromatic carbocycles. The smallest absolute Gasteiger partial charge is 0.312 e. The molecule has 1 aromatic rings. The molecule has 1 saturated heterocycles. The van der Waals surface area contributed by atoms with E-state index in [1.807, 2.05) is 18.4 Å². The molecule has 2 aliphatic rings. The minimum Gasteiger partial charge on any atom is -0.426 e. The zero-order chi connectivity index (χ0) is 17.1. The molecule has 0 unspecified atom stereocenters. The second-order valence-electron chi connectivity index (χ2n) is 6.23. The standard InChI is InChI=1S/C18H21NO4S/c1-24-13-8-6-12(7-9-13)23-16(20)10-11-19-17(21)14-4-2-3-5-15(14)18(19)22/h6-9,14-15H,2-5,10-11H2,1H3/t14-,15+. The van der Waals surface area contributed by atoms with Gasteiger partial charge in [0.1, 0.15) is 5.75 Å². The maximum Gasteiger partial charge on any atom is 0.312 e. The molecule has 5 nitrogen and oxygen atoms in total. The van der Waals surface area contributed by atoms with E-state index in [9.17, 15) is 14.4 Å². The van der Waals surface area contributed by atoms with Crippen molar-refractivity contribution in [3.05, 3.63) is 24.3 Å². The van der Waals surface area contributed by atoms with Crippen LogP contribution in [-0.4, -0.2) is 35.5 Å². The van der Waals surface area contributed by atoms with Crippen LogP contribution in [0.3, 0.4) is 0 Å². The highest BCUT2D eigenvalue weighted by Crippen LogP contribution is 2.38. The van der Waals surface area contributed by atoms with Crippen molar-refractivity contribution in [3.63, 3.8) is 0 Å². The molecule has 0 radical (unpaired) electrons. The van der Waals surface area contributed by atoms with Crippen molar-refractivity contribution in [2.45, 2.75) is 37.0 Å². The first-order valence-corrected chi connectivity index (χ1v) is 9.52. The Balaban J connectivity index is 1.54. The first-order chi connectivity index (χ1) is 11.6. The molecule has 0 aromatic heterocycles. The third-order valence-corrected chi connectivity index (χ3v) is 5.51. The van der Waals surface area contributed by atoms with Crippen molar-refractivity contribution >= 4 is 29.5 Å². The lowest BCUT2D eigenvalue weighted by Gasteiger charge is -2.19. The first kappa shape index (κ1) is 17.0. The van der Waals surface area contributed by atoms with Gasteiger partial charge in [-0.15, -0.1) is 11.8 Å². The SMILES string of the molecule is CSc1ccc(OC(=O)CCN2C(=O)[C@H]3CCCC[C@H]3C2=O)cc1. The van der Waals surface area contributed by atoms with Gasteiger partial charge in [0.25, 0.3) is 0 Å². The van der Waals surface area contributed by atoms with Crippen molar-refractivity contribution in [2.24, 2.45) is 11.8 Å².